The lowest BCUT2D eigenvalue weighted by molar-refractivity contribution is 0.627. The van der Waals surface area contributed by atoms with E-state index in [2.05, 4.69) is 5.32 Å². The first-order chi connectivity index (χ1) is 5.27. The molecule has 0 saturated carbocycles. The quantitative estimate of drug-likeness (QED) is 0.551. The number of nitrogens with one attached hydrogen (secondary N) is 1. The van der Waals surface area contributed by atoms with Gasteiger partial charge in [-0.2, -0.15) is 0 Å². The van der Waals surface area contributed by atoms with Gasteiger partial charge in [-0.25, -0.2) is 4.39 Å². The number of hydrogen-bond acceptors (Lipinski definition) is 2. The molecule has 0 bridgehead atoms. The molecule has 1 aliphatic heterocycles. The van der Waals surface area contributed by atoms with Gasteiger partial charge in [0.05, 0.1) is 11.4 Å². The molecule has 0 spiro atoms. The summed E-state index contributed by atoms with van der Waals surface area (Å²) in [7, 11) is 0. The molecule has 58 valence electrons. The fraction of sp³-hybridized carbons (Fsp3) is 0.250. The Kier molecular flexibility index (Phi) is 1.24. The Bertz CT molecular complexity index is 296. The number of benzene rings is 1. The maximum Gasteiger partial charge on any atom is 0.125 e. The minimum absolute atomic E-state index is 0.245. The van der Waals surface area contributed by atoms with E-state index in [9.17, 15) is 4.39 Å². The van der Waals surface area contributed by atoms with Crippen LogP contribution in [-0.4, -0.2) is 6.54 Å². The third-order valence-electron chi connectivity index (χ3n) is 1.91. The lowest BCUT2D eigenvalue weighted by atomic mass is 10.1. The second kappa shape index (κ2) is 2.12. The van der Waals surface area contributed by atoms with Gasteiger partial charge in [-0.1, -0.05) is 0 Å². The summed E-state index contributed by atoms with van der Waals surface area (Å²) in [5, 5.41) is 3.10. The Balaban J connectivity index is 2.60. The van der Waals surface area contributed by atoms with Crippen LogP contribution in [0.5, 0.6) is 0 Å². The minimum atomic E-state index is -0.245. The topological polar surface area (TPSA) is 38.0 Å². The van der Waals surface area contributed by atoms with Crippen molar-refractivity contribution < 1.29 is 4.39 Å². The SMILES string of the molecule is Nc1cc(F)cc2c1NCC2. The highest BCUT2D eigenvalue weighted by Gasteiger charge is 2.13. The molecule has 2 rings (SSSR count). The van der Waals surface area contributed by atoms with Gasteiger partial charge in [-0.05, 0) is 24.1 Å². The van der Waals surface area contributed by atoms with Crippen LogP contribution in [0.1, 0.15) is 5.56 Å². The number of nitrogen functional groups attached to an aromatic ring is 1. The lowest BCUT2D eigenvalue weighted by Crippen LogP contribution is -1.96. The van der Waals surface area contributed by atoms with Crippen LogP contribution < -0.4 is 11.1 Å². The summed E-state index contributed by atoms with van der Waals surface area (Å²) in [6.07, 6.45) is 0.872. The maximum atomic E-state index is 12.7. The van der Waals surface area contributed by atoms with Crippen molar-refractivity contribution in [2.75, 3.05) is 17.6 Å². The van der Waals surface area contributed by atoms with E-state index in [0.29, 0.717) is 5.69 Å². The van der Waals surface area contributed by atoms with Gasteiger partial charge in [-0.3, -0.25) is 0 Å². The van der Waals surface area contributed by atoms with Crippen LogP contribution in [0.3, 0.4) is 0 Å². The van der Waals surface area contributed by atoms with Crippen molar-refractivity contribution in [2.45, 2.75) is 6.42 Å². The Morgan fingerprint density at radius 1 is 1.45 bits per heavy atom. The van der Waals surface area contributed by atoms with E-state index in [1.165, 1.54) is 12.1 Å². The third kappa shape index (κ3) is 0.926. The first-order valence-electron chi connectivity index (χ1n) is 3.59. The molecular weight excluding hydrogens is 143 g/mol. The van der Waals surface area contributed by atoms with E-state index < -0.39 is 0 Å². The number of hydrogen-bond donors (Lipinski definition) is 2. The number of nitrogens with two attached hydrogens (primary N) is 1. The molecule has 0 aromatic heterocycles. The molecule has 3 heteroatoms. The summed E-state index contributed by atoms with van der Waals surface area (Å²) >= 11 is 0. The van der Waals surface area contributed by atoms with Gasteiger partial charge in [0.15, 0.2) is 0 Å². The highest BCUT2D eigenvalue weighted by Crippen LogP contribution is 2.29. The van der Waals surface area contributed by atoms with E-state index >= 15 is 0 Å². The van der Waals surface area contributed by atoms with Crippen molar-refractivity contribution in [1.29, 1.82) is 0 Å². The van der Waals surface area contributed by atoms with E-state index in [0.717, 1.165) is 24.2 Å². The van der Waals surface area contributed by atoms with E-state index in [4.69, 9.17) is 5.73 Å². The van der Waals surface area contributed by atoms with Gasteiger partial charge in [0.25, 0.3) is 0 Å². The van der Waals surface area contributed by atoms with Crippen molar-refractivity contribution >= 4 is 11.4 Å². The lowest BCUT2D eigenvalue weighted by Gasteiger charge is -2.03. The number of halogens is 1. The van der Waals surface area contributed by atoms with Crippen LogP contribution in [0.2, 0.25) is 0 Å². The zero-order valence-corrected chi connectivity index (χ0v) is 6.02. The average molecular weight is 152 g/mol. The van der Waals surface area contributed by atoms with Crippen LogP contribution in [-0.2, 0) is 6.42 Å². The van der Waals surface area contributed by atoms with Gasteiger partial charge < -0.3 is 11.1 Å². The largest absolute Gasteiger partial charge is 0.397 e. The monoisotopic (exact) mass is 152 g/mol. The van der Waals surface area contributed by atoms with Gasteiger partial charge in [0.1, 0.15) is 5.82 Å². The fourth-order valence-corrected chi connectivity index (χ4v) is 1.42. The third-order valence-corrected chi connectivity index (χ3v) is 1.91. The molecule has 1 aromatic rings. The Hall–Kier alpha value is -1.25. The molecule has 0 radical (unpaired) electrons. The molecular formula is C8H9FN2. The highest BCUT2D eigenvalue weighted by atomic mass is 19.1. The zero-order chi connectivity index (χ0) is 7.84. The molecule has 1 heterocycles. The molecule has 3 N–H and O–H groups in total. The summed E-state index contributed by atoms with van der Waals surface area (Å²) < 4.78 is 12.7. The van der Waals surface area contributed by atoms with Crippen LogP contribution in [0, 0.1) is 5.82 Å². The molecule has 0 saturated heterocycles. The molecule has 2 nitrogen and oxygen atoms in total. The second-order valence-corrected chi connectivity index (χ2v) is 2.71. The first-order valence-corrected chi connectivity index (χ1v) is 3.59. The number of rotatable bonds is 0. The van der Waals surface area contributed by atoms with Crippen molar-refractivity contribution in [3.8, 4) is 0 Å². The predicted octanol–water partition coefficient (Wildman–Crippen LogP) is 1.38. The maximum absolute atomic E-state index is 12.7. The van der Waals surface area contributed by atoms with Crippen LogP contribution in [0.4, 0.5) is 15.8 Å². The second-order valence-electron chi connectivity index (χ2n) is 2.71. The summed E-state index contributed by atoms with van der Waals surface area (Å²) in [5.41, 5.74) is 7.98. The summed E-state index contributed by atoms with van der Waals surface area (Å²) in [6.45, 7) is 0.864. The molecule has 11 heavy (non-hydrogen) atoms. The molecule has 1 aromatic carbocycles. The standard InChI is InChI=1S/C8H9FN2/c9-6-3-5-1-2-11-8(5)7(10)4-6/h3-4,11H,1-2,10H2. The molecule has 0 aliphatic carbocycles. The highest BCUT2D eigenvalue weighted by molar-refractivity contribution is 5.72. The van der Waals surface area contributed by atoms with E-state index in [-0.39, 0.29) is 5.82 Å². The molecule has 0 atom stereocenters. The molecule has 0 amide bonds. The van der Waals surface area contributed by atoms with Crippen molar-refractivity contribution in [3.63, 3.8) is 0 Å². The van der Waals surface area contributed by atoms with Gasteiger partial charge in [-0.15, -0.1) is 0 Å². The molecule has 0 fully saturated rings. The normalized spacial score (nSPS) is 14.3. The van der Waals surface area contributed by atoms with E-state index in [1.54, 1.807) is 0 Å². The van der Waals surface area contributed by atoms with Crippen LogP contribution in [0.15, 0.2) is 12.1 Å². The average Bonchev–Trinajstić information content (AvgIpc) is 2.34. The number of fused-ring (bicyclic) bond motifs is 1. The zero-order valence-electron chi connectivity index (χ0n) is 6.02. The summed E-state index contributed by atoms with van der Waals surface area (Å²) in [5.74, 6) is -0.245. The van der Waals surface area contributed by atoms with Gasteiger partial charge in [0.2, 0.25) is 0 Å². The summed E-state index contributed by atoms with van der Waals surface area (Å²) in [6, 6.07) is 2.88. The van der Waals surface area contributed by atoms with Crippen LogP contribution in [0.25, 0.3) is 0 Å². The van der Waals surface area contributed by atoms with E-state index in [1.807, 2.05) is 0 Å². The molecule has 1 aliphatic rings. The summed E-state index contributed by atoms with van der Waals surface area (Å²) in [4.78, 5) is 0. The minimum Gasteiger partial charge on any atom is -0.397 e. The Morgan fingerprint density at radius 3 is 3.09 bits per heavy atom. The number of anilines is 2. The Labute approximate surface area is 64.2 Å². The van der Waals surface area contributed by atoms with Crippen LogP contribution >= 0.6 is 0 Å². The van der Waals surface area contributed by atoms with Crippen molar-refractivity contribution in [1.82, 2.24) is 0 Å². The Morgan fingerprint density at radius 2 is 2.27 bits per heavy atom. The first kappa shape index (κ1) is 6.46. The predicted molar refractivity (Wildman–Crippen MR) is 43.0 cm³/mol. The fourth-order valence-electron chi connectivity index (χ4n) is 1.42. The van der Waals surface area contributed by atoms with Gasteiger partial charge >= 0.3 is 0 Å². The van der Waals surface area contributed by atoms with Gasteiger partial charge in [0, 0.05) is 6.54 Å². The van der Waals surface area contributed by atoms with Crippen molar-refractivity contribution in [3.05, 3.63) is 23.5 Å². The molecule has 0 unspecified atom stereocenters. The smallest absolute Gasteiger partial charge is 0.125 e. The van der Waals surface area contributed by atoms with Crippen molar-refractivity contribution in [2.24, 2.45) is 0 Å².